The number of rotatable bonds is 5. The summed E-state index contributed by atoms with van der Waals surface area (Å²) in [5.74, 6) is -2.21. The molecule has 3 N–H and O–H groups in total. The van der Waals surface area contributed by atoms with Gasteiger partial charge in [0, 0.05) is 18.3 Å². The first-order valence-electron chi connectivity index (χ1n) is 8.18. The van der Waals surface area contributed by atoms with Crippen molar-refractivity contribution in [3.8, 4) is 0 Å². The SMILES string of the molecule is CC(C)NC(=O)CNC(=O)C(=O)Nc1cccc(N2CCCS2(=O)=O)c1. The van der Waals surface area contributed by atoms with Gasteiger partial charge in [0.25, 0.3) is 0 Å². The molecule has 3 amide bonds. The van der Waals surface area contributed by atoms with Gasteiger partial charge in [0.1, 0.15) is 0 Å². The molecule has 0 bridgehead atoms. The lowest BCUT2D eigenvalue weighted by Crippen LogP contribution is -2.43. The molecule has 1 aromatic rings. The van der Waals surface area contributed by atoms with E-state index in [1.807, 2.05) is 0 Å². The first-order chi connectivity index (χ1) is 12.2. The topological polar surface area (TPSA) is 125 Å². The van der Waals surface area contributed by atoms with E-state index in [-0.39, 0.29) is 24.0 Å². The van der Waals surface area contributed by atoms with Gasteiger partial charge in [0.2, 0.25) is 15.9 Å². The zero-order valence-corrected chi connectivity index (χ0v) is 15.4. The first kappa shape index (κ1) is 19.7. The number of nitrogens with zero attached hydrogens (tertiary/aromatic N) is 1. The highest BCUT2D eigenvalue weighted by molar-refractivity contribution is 7.93. The molecule has 1 aliphatic rings. The number of hydrogen-bond acceptors (Lipinski definition) is 5. The Balaban J connectivity index is 1.96. The lowest BCUT2D eigenvalue weighted by molar-refractivity contribution is -0.136. The van der Waals surface area contributed by atoms with E-state index in [2.05, 4.69) is 16.0 Å². The minimum absolute atomic E-state index is 0.0714. The summed E-state index contributed by atoms with van der Waals surface area (Å²) < 4.78 is 25.2. The number of benzene rings is 1. The second kappa shape index (κ2) is 8.17. The highest BCUT2D eigenvalue weighted by atomic mass is 32.2. The van der Waals surface area contributed by atoms with Gasteiger partial charge >= 0.3 is 11.8 Å². The number of carbonyl (C=O) groups is 3. The molecule has 9 nitrogen and oxygen atoms in total. The molecule has 0 atom stereocenters. The summed E-state index contributed by atoms with van der Waals surface area (Å²) in [7, 11) is -3.33. The van der Waals surface area contributed by atoms with Crippen LogP contribution in [-0.2, 0) is 24.4 Å². The van der Waals surface area contributed by atoms with E-state index in [0.29, 0.717) is 18.7 Å². The van der Waals surface area contributed by atoms with Crippen LogP contribution in [0.1, 0.15) is 20.3 Å². The Morgan fingerprint density at radius 1 is 1.19 bits per heavy atom. The van der Waals surface area contributed by atoms with E-state index in [9.17, 15) is 22.8 Å². The van der Waals surface area contributed by atoms with Crippen LogP contribution in [0.4, 0.5) is 11.4 Å². The molecule has 0 aliphatic carbocycles. The van der Waals surface area contributed by atoms with Crippen molar-refractivity contribution in [3.05, 3.63) is 24.3 Å². The van der Waals surface area contributed by atoms with Crippen molar-refractivity contribution in [2.75, 3.05) is 28.5 Å². The van der Waals surface area contributed by atoms with Gasteiger partial charge in [-0.3, -0.25) is 18.7 Å². The summed E-state index contributed by atoms with van der Waals surface area (Å²) >= 11 is 0. The van der Waals surface area contributed by atoms with E-state index in [4.69, 9.17) is 0 Å². The van der Waals surface area contributed by atoms with Crippen molar-refractivity contribution in [2.24, 2.45) is 0 Å². The highest BCUT2D eigenvalue weighted by Gasteiger charge is 2.28. The average molecular weight is 382 g/mol. The van der Waals surface area contributed by atoms with Crippen LogP contribution < -0.4 is 20.3 Å². The number of anilines is 2. The Morgan fingerprint density at radius 2 is 1.92 bits per heavy atom. The molecule has 142 valence electrons. The Hall–Kier alpha value is -2.62. The number of amides is 3. The van der Waals surface area contributed by atoms with Crippen LogP contribution in [0.2, 0.25) is 0 Å². The number of sulfonamides is 1. The summed E-state index contributed by atoms with van der Waals surface area (Å²) in [5, 5.41) is 7.20. The smallest absolute Gasteiger partial charge is 0.313 e. The Kier molecular flexibility index (Phi) is 6.19. The molecule has 0 unspecified atom stereocenters. The van der Waals surface area contributed by atoms with Crippen LogP contribution in [0, 0.1) is 0 Å². The highest BCUT2D eigenvalue weighted by Crippen LogP contribution is 2.26. The van der Waals surface area contributed by atoms with Crippen molar-refractivity contribution >= 4 is 39.1 Å². The molecular weight excluding hydrogens is 360 g/mol. The molecule has 0 radical (unpaired) electrons. The Morgan fingerprint density at radius 3 is 2.54 bits per heavy atom. The van der Waals surface area contributed by atoms with E-state index >= 15 is 0 Å². The van der Waals surface area contributed by atoms with E-state index in [1.165, 1.54) is 10.4 Å². The molecule has 1 fully saturated rings. The molecule has 26 heavy (non-hydrogen) atoms. The van der Waals surface area contributed by atoms with E-state index < -0.39 is 27.7 Å². The number of nitrogens with one attached hydrogen (secondary N) is 3. The predicted molar refractivity (Wildman–Crippen MR) is 97.1 cm³/mol. The van der Waals surface area contributed by atoms with Crippen molar-refractivity contribution in [2.45, 2.75) is 26.3 Å². The molecule has 1 saturated heterocycles. The fourth-order valence-electron chi connectivity index (χ4n) is 2.47. The minimum atomic E-state index is -3.33. The van der Waals surface area contributed by atoms with Crippen LogP contribution in [0.3, 0.4) is 0 Å². The Labute approximate surface area is 152 Å². The summed E-state index contributed by atoms with van der Waals surface area (Å²) in [4.78, 5) is 35.2. The van der Waals surface area contributed by atoms with E-state index in [1.54, 1.807) is 32.0 Å². The molecule has 2 rings (SSSR count). The Bertz CT molecular complexity index is 807. The summed E-state index contributed by atoms with van der Waals surface area (Å²) in [5.41, 5.74) is 0.716. The van der Waals surface area contributed by atoms with E-state index in [0.717, 1.165) is 0 Å². The standard InChI is InChI=1S/C16H22N4O5S/c1-11(2)18-14(21)10-17-15(22)16(23)19-12-5-3-6-13(9-12)20-7-4-8-26(20,24)25/h3,5-6,9,11H,4,7-8,10H2,1-2H3,(H,17,22)(H,18,21)(H,19,23). The van der Waals surface area contributed by atoms with Gasteiger partial charge in [-0.25, -0.2) is 8.42 Å². The summed E-state index contributed by atoms with van der Waals surface area (Å²) in [6.07, 6.45) is 0.541. The fraction of sp³-hybridized carbons (Fsp3) is 0.438. The van der Waals surface area contributed by atoms with Crippen molar-refractivity contribution in [1.29, 1.82) is 0 Å². The lowest BCUT2D eigenvalue weighted by Gasteiger charge is -2.17. The third kappa shape index (κ3) is 5.19. The van der Waals surface area contributed by atoms with Gasteiger partial charge in [-0.1, -0.05) is 6.07 Å². The number of hydrogen-bond donors (Lipinski definition) is 3. The quantitative estimate of drug-likeness (QED) is 0.609. The summed E-state index contributed by atoms with van der Waals surface area (Å²) in [6, 6.07) is 6.17. The average Bonchev–Trinajstić information content (AvgIpc) is 2.91. The molecule has 0 aromatic heterocycles. The van der Waals surface area contributed by atoms with Gasteiger partial charge in [-0.2, -0.15) is 0 Å². The normalized spacial score (nSPS) is 15.6. The monoisotopic (exact) mass is 382 g/mol. The second-order valence-electron chi connectivity index (χ2n) is 6.15. The molecule has 10 heteroatoms. The molecule has 1 aromatic carbocycles. The molecule has 1 aliphatic heterocycles. The van der Waals surface area contributed by atoms with Crippen LogP contribution in [-0.4, -0.2) is 51.0 Å². The zero-order valence-electron chi connectivity index (χ0n) is 14.6. The van der Waals surface area contributed by atoms with Gasteiger partial charge < -0.3 is 16.0 Å². The van der Waals surface area contributed by atoms with Crippen LogP contribution in [0.5, 0.6) is 0 Å². The third-order valence-electron chi connectivity index (χ3n) is 3.56. The minimum Gasteiger partial charge on any atom is -0.352 e. The van der Waals surface area contributed by atoms with Crippen LogP contribution in [0.25, 0.3) is 0 Å². The van der Waals surface area contributed by atoms with Crippen molar-refractivity contribution < 1.29 is 22.8 Å². The maximum Gasteiger partial charge on any atom is 0.313 e. The molecule has 1 heterocycles. The fourth-order valence-corrected chi connectivity index (χ4v) is 4.03. The maximum absolute atomic E-state index is 12.0. The van der Waals surface area contributed by atoms with Gasteiger partial charge in [0.15, 0.2) is 0 Å². The lowest BCUT2D eigenvalue weighted by atomic mass is 10.2. The summed E-state index contributed by atoms with van der Waals surface area (Å²) in [6.45, 7) is 3.63. The van der Waals surface area contributed by atoms with Gasteiger partial charge in [0.05, 0.1) is 18.0 Å². The molecule has 0 saturated carbocycles. The van der Waals surface area contributed by atoms with Crippen molar-refractivity contribution in [3.63, 3.8) is 0 Å². The molecule has 0 spiro atoms. The van der Waals surface area contributed by atoms with Gasteiger partial charge in [-0.15, -0.1) is 0 Å². The predicted octanol–water partition coefficient (Wildman–Crippen LogP) is -0.194. The van der Waals surface area contributed by atoms with Crippen molar-refractivity contribution in [1.82, 2.24) is 10.6 Å². The largest absolute Gasteiger partial charge is 0.352 e. The second-order valence-corrected chi connectivity index (χ2v) is 8.16. The van der Waals surface area contributed by atoms with Crippen LogP contribution in [0.15, 0.2) is 24.3 Å². The molecular formula is C16H22N4O5S. The first-order valence-corrected chi connectivity index (χ1v) is 9.79. The van der Waals surface area contributed by atoms with Gasteiger partial charge in [-0.05, 0) is 38.5 Å². The van der Waals surface area contributed by atoms with Crippen LogP contribution >= 0.6 is 0 Å². The number of carbonyl (C=O) groups excluding carboxylic acids is 3. The maximum atomic E-state index is 12.0. The third-order valence-corrected chi connectivity index (χ3v) is 5.43. The zero-order chi connectivity index (χ0) is 19.3.